The SMILES string of the molecule is C=C.CC.CCCc1cc2ncc(C#N)c(Nc3ccc(Cc4ccc5c(c4)C=CCC5)c(C)c3)c2cc1/C=C/CN(C)C. The Morgan fingerprint density at radius 2 is 1.84 bits per heavy atom. The smallest absolute Gasteiger partial charge is 0.103 e. The normalized spacial score (nSPS) is 11.8. The lowest BCUT2D eigenvalue weighted by molar-refractivity contribution is 0.457. The number of allylic oxidation sites excluding steroid dienone is 1. The molecule has 0 unspecified atom stereocenters. The van der Waals surface area contributed by atoms with Gasteiger partial charge in [0.15, 0.2) is 0 Å². The van der Waals surface area contributed by atoms with Crippen molar-refractivity contribution in [2.75, 3.05) is 26.0 Å². The zero-order chi connectivity index (χ0) is 32.1. The largest absolute Gasteiger partial charge is 0.354 e. The maximum absolute atomic E-state index is 9.96. The molecule has 0 saturated carbocycles. The molecule has 44 heavy (non-hydrogen) atoms. The number of nitriles is 1. The number of pyridine rings is 1. The average Bonchev–Trinajstić information content (AvgIpc) is 3.04. The summed E-state index contributed by atoms with van der Waals surface area (Å²) < 4.78 is 0. The van der Waals surface area contributed by atoms with E-state index in [1.165, 1.54) is 38.9 Å². The summed E-state index contributed by atoms with van der Waals surface area (Å²) in [5.74, 6) is 0. The van der Waals surface area contributed by atoms with Crippen LogP contribution in [-0.2, 0) is 19.3 Å². The molecule has 0 saturated heterocycles. The van der Waals surface area contributed by atoms with Crippen LogP contribution in [-0.4, -0.2) is 30.5 Å². The highest BCUT2D eigenvalue weighted by Gasteiger charge is 2.14. The molecule has 4 nitrogen and oxygen atoms in total. The summed E-state index contributed by atoms with van der Waals surface area (Å²) in [6.07, 6.45) is 15.8. The van der Waals surface area contributed by atoms with Crippen LogP contribution in [0.25, 0.3) is 23.1 Å². The quantitative estimate of drug-likeness (QED) is 0.199. The molecule has 1 aliphatic rings. The Balaban J connectivity index is 0.00000127. The molecule has 0 amide bonds. The highest BCUT2D eigenvalue weighted by Crippen LogP contribution is 2.33. The fourth-order valence-corrected chi connectivity index (χ4v) is 5.47. The number of fused-ring (bicyclic) bond motifs is 2. The van der Waals surface area contributed by atoms with Crippen LogP contribution in [0.15, 0.2) is 80.0 Å². The van der Waals surface area contributed by atoms with Gasteiger partial charge in [-0.3, -0.25) is 4.98 Å². The third-order valence-electron chi connectivity index (χ3n) is 7.63. The van der Waals surface area contributed by atoms with Crippen LogP contribution >= 0.6 is 0 Å². The lowest BCUT2D eigenvalue weighted by Crippen LogP contribution is -2.10. The monoisotopic (exact) mass is 584 g/mol. The molecule has 4 heteroatoms. The first kappa shape index (κ1) is 34.0. The van der Waals surface area contributed by atoms with Crippen molar-refractivity contribution >= 4 is 34.4 Å². The van der Waals surface area contributed by atoms with Gasteiger partial charge in [0.25, 0.3) is 0 Å². The molecule has 228 valence electrons. The lowest BCUT2D eigenvalue weighted by Gasteiger charge is -2.16. The summed E-state index contributed by atoms with van der Waals surface area (Å²) in [7, 11) is 4.14. The molecule has 3 aromatic carbocycles. The molecule has 1 aromatic heterocycles. The van der Waals surface area contributed by atoms with Crippen molar-refractivity contribution < 1.29 is 0 Å². The van der Waals surface area contributed by atoms with E-state index in [-0.39, 0.29) is 0 Å². The van der Waals surface area contributed by atoms with Gasteiger partial charge in [-0.25, -0.2) is 0 Å². The first-order valence-corrected chi connectivity index (χ1v) is 15.8. The predicted octanol–water partition coefficient (Wildman–Crippen LogP) is 10.1. The Bertz CT molecular complexity index is 1650. The Labute approximate surface area is 265 Å². The van der Waals surface area contributed by atoms with E-state index in [1.807, 2.05) is 13.8 Å². The average molecular weight is 585 g/mol. The van der Waals surface area contributed by atoms with E-state index in [4.69, 9.17) is 0 Å². The Kier molecular flexibility index (Phi) is 13.1. The Hall–Kier alpha value is -4.46. The zero-order valence-corrected chi connectivity index (χ0v) is 27.5. The molecule has 0 bridgehead atoms. The van der Waals surface area contributed by atoms with Crippen molar-refractivity contribution in [3.8, 4) is 6.07 Å². The molecule has 1 heterocycles. The summed E-state index contributed by atoms with van der Waals surface area (Å²) in [4.78, 5) is 6.80. The van der Waals surface area contributed by atoms with E-state index in [0.29, 0.717) is 5.56 Å². The van der Waals surface area contributed by atoms with Gasteiger partial charge in [0, 0.05) is 23.8 Å². The van der Waals surface area contributed by atoms with E-state index in [0.717, 1.165) is 60.9 Å². The number of aromatic nitrogens is 1. The maximum atomic E-state index is 9.96. The first-order chi connectivity index (χ1) is 21.4. The van der Waals surface area contributed by atoms with Crippen LogP contribution in [0, 0.1) is 18.3 Å². The van der Waals surface area contributed by atoms with Gasteiger partial charge in [0.2, 0.25) is 0 Å². The summed E-state index contributed by atoms with van der Waals surface area (Å²) in [6.45, 7) is 15.2. The topological polar surface area (TPSA) is 52.0 Å². The lowest BCUT2D eigenvalue weighted by atomic mass is 9.92. The Morgan fingerprint density at radius 1 is 1.05 bits per heavy atom. The molecule has 5 rings (SSSR count). The molecular weight excluding hydrogens is 536 g/mol. The van der Waals surface area contributed by atoms with Crippen molar-refractivity contribution in [2.24, 2.45) is 0 Å². The second-order valence-electron chi connectivity index (χ2n) is 11.1. The fourth-order valence-electron chi connectivity index (χ4n) is 5.47. The van der Waals surface area contributed by atoms with E-state index in [2.05, 4.69) is 135 Å². The molecule has 1 N–H and O–H groups in total. The number of nitrogens with one attached hydrogen (secondary N) is 1. The molecule has 0 radical (unpaired) electrons. The number of likely N-dealkylation sites (N-methyl/N-ethyl adjacent to an activating group) is 1. The van der Waals surface area contributed by atoms with Gasteiger partial charge in [-0.05, 0) is 110 Å². The molecule has 0 atom stereocenters. The van der Waals surface area contributed by atoms with Gasteiger partial charge in [0.05, 0.1) is 16.8 Å². The summed E-state index contributed by atoms with van der Waals surface area (Å²) in [6, 6.07) is 20.1. The molecule has 0 aliphatic heterocycles. The van der Waals surface area contributed by atoms with E-state index in [1.54, 1.807) is 6.20 Å². The van der Waals surface area contributed by atoms with E-state index >= 15 is 0 Å². The number of anilines is 2. The van der Waals surface area contributed by atoms with Crippen molar-refractivity contribution in [1.82, 2.24) is 9.88 Å². The summed E-state index contributed by atoms with van der Waals surface area (Å²) in [5.41, 5.74) is 12.4. The number of benzene rings is 3. The number of rotatable bonds is 9. The zero-order valence-electron chi connectivity index (χ0n) is 27.5. The van der Waals surface area contributed by atoms with Crippen LogP contribution in [0.2, 0.25) is 0 Å². The molecule has 0 fully saturated rings. The predicted molar refractivity (Wildman–Crippen MR) is 192 cm³/mol. The van der Waals surface area contributed by atoms with Crippen LogP contribution in [0.4, 0.5) is 11.4 Å². The van der Waals surface area contributed by atoms with Crippen molar-refractivity contribution in [2.45, 2.75) is 59.8 Å². The third-order valence-corrected chi connectivity index (χ3v) is 7.63. The van der Waals surface area contributed by atoms with E-state index < -0.39 is 0 Å². The van der Waals surface area contributed by atoms with E-state index in [9.17, 15) is 5.26 Å². The summed E-state index contributed by atoms with van der Waals surface area (Å²) >= 11 is 0. The van der Waals surface area contributed by atoms with Crippen LogP contribution < -0.4 is 5.32 Å². The second-order valence-corrected chi connectivity index (χ2v) is 11.1. The fraction of sp³-hybridized carbons (Fsp3) is 0.300. The van der Waals surface area contributed by atoms with Crippen molar-refractivity contribution in [3.63, 3.8) is 0 Å². The molecule has 1 aliphatic carbocycles. The van der Waals surface area contributed by atoms with Crippen molar-refractivity contribution in [1.29, 1.82) is 5.26 Å². The van der Waals surface area contributed by atoms with Gasteiger partial charge < -0.3 is 10.2 Å². The molecule has 0 spiro atoms. The van der Waals surface area contributed by atoms with Gasteiger partial charge in [-0.2, -0.15) is 5.26 Å². The van der Waals surface area contributed by atoms with Crippen LogP contribution in [0.5, 0.6) is 0 Å². The maximum Gasteiger partial charge on any atom is 0.103 e. The highest BCUT2D eigenvalue weighted by molar-refractivity contribution is 5.97. The number of hydrogen-bond donors (Lipinski definition) is 1. The van der Waals surface area contributed by atoms with Crippen LogP contribution in [0.1, 0.15) is 78.1 Å². The molecule has 4 aromatic rings. The minimum atomic E-state index is 0.544. The number of nitrogens with zero attached hydrogens (tertiary/aromatic N) is 3. The third kappa shape index (κ3) is 8.56. The first-order valence-electron chi connectivity index (χ1n) is 15.8. The number of aryl methyl sites for hydroxylation is 3. The number of hydrogen-bond acceptors (Lipinski definition) is 4. The standard InChI is InChI=1S/C36H38N4.C2H6.C2H4/c1-5-9-29-22-35-34(21-31(29)12-8-17-40(3)4)36(32(23-37)24-38-35)39-33-16-15-28(25(2)18-33)19-26-13-14-27-10-6-7-11-30(27)20-26;2*1-2/h7-8,11-16,18,20-22,24H,5-6,9-10,17,19H2,1-4H3,(H,38,39);1-2H3;1-2H2/b12-8+;;. The van der Waals surface area contributed by atoms with Gasteiger partial charge in [0.1, 0.15) is 6.07 Å². The van der Waals surface area contributed by atoms with Crippen molar-refractivity contribution in [3.05, 3.63) is 125 Å². The Morgan fingerprint density at radius 3 is 2.55 bits per heavy atom. The van der Waals surface area contributed by atoms with Gasteiger partial charge in [-0.1, -0.05) is 75.8 Å². The second kappa shape index (κ2) is 17.0. The minimum Gasteiger partial charge on any atom is -0.354 e. The summed E-state index contributed by atoms with van der Waals surface area (Å²) in [5, 5.41) is 14.5. The van der Waals surface area contributed by atoms with Gasteiger partial charge >= 0.3 is 0 Å². The van der Waals surface area contributed by atoms with Gasteiger partial charge in [-0.15, -0.1) is 13.2 Å². The minimum absolute atomic E-state index is 0.544. The van der Waals surface area contributed by atoms with Crippen LogP contribution in [0.3, 0.4) is 0 Å². The molecular formula is C40H48N4. The highest BCUT2D eigenvalue weighted by atomic mass is 15.0.